The second-order valence-electron chi connectivity index (χ2n) is 4.90. The van der Waals surface area contributed by atoms with E-state index in [2.05, 4.69) is 15.2 Å². The van der Waals surface area contributed by atoms with Crippen LogP contribution >= 0.6 is 0 Å². The number of nitrogens with one attached hydrogen (secondary N) is 1. The lowest BCUT2D eigenvalue weighted by Gasteiger charge is -2.09. The lowest BCUT2D eigenvalue weighted by atomic mass is 10.2. The summed E-state index contributed by atoms with van der Waals surface area (Å²) in [5.41, 5.74) is 0.803. The van der Waals surface area contributed by atoms with Crippen molar-refractivity contribution in [2.24, 2.45) is 0 Å². The quantitative estimate of drug-likeness (QED) is 0.925. The second kappa shape index (κ2) is 5.73. The molecule has 0 aliphatic rings. The van der Waals surface area contributed by atoms with Crippen molar-refractivity contribution in [1.82, 2.24) is 20.1 Å². The van der Waals surface area contributed by atoms with Crippen molar-refractivity contribution < 1.29 is 9.53 Å². The number of aromatic nitrogens is 3. The van der Waals surface area contributed by atoms with Crippen molar-refractivity contribution in [2.75, 3.05) is 14.1 Å². The molecule has 0 aliphatic heterocycles. The second-order valence-corrected chi connectivity index (χ2v) is 4.90. The molecule has 6 heteroatoms. The Morgan fingerprint density at radius 3 is 2.75 bits per heavy atom. The first-order valence-corrected chi connectivity index (χ1v) is 6.38. The number of ether oxygens (including phenoxy) is 1. The Bertz CT molecular complexity index is 605. The van der Waals surface area contributed by atoms with Gasteiger partial charge >= 0.3 is 0 Å². The number of carbonyl (C=O) groups is 1. The van der Waals surface area contributed by atoms with Crippen LogP contribution in [0.2, 0.25) is 0 Å². The molecule has 1 N–H and O–H groups in total. The van der Waals surface area contributed by atoms with Crippen LogP contribution in [0, 0.1) is 0 Å². The molecule has 0 fully saturated rings. The third-order valence-corrected chi connectivity index (χ3v) is 2.56. The van der Waals surface area contributed by atoms with Crippen LogP contribution in [0.25, 0.3) is 11.4 Å². The average molecular weight is 274 g/mol. The Labute approximate surface area is 117 Å². The molecule has 0 saturated heterocycles. The van der Waals surface area contributed by atoms with Gasteiger partial charge in [-0.1, -0.05) is 12.1 Å². The molecule has 1 aromatic heterocycles. The van der Waals surface area contributed by atoms with E-state index in [1.54, 1.807) is 14.1 Å². The Balaban J connectivity index is 2.26. The molecule has 2 aromatic rings. The molecule has 6 nitrogen and oxygen atoms in total. The molecule has 0 spiro atoms. The highest BCUT2D eigenvalue weighted by Crippen LogP contribution is 2.21. The molecule has 0 aliphatic carbocycles. The van der Waals surface area contributed by atoms with Gasteiger partial charge in [-0.3, -0.25) is 9.89 Å². The van der Waals surface area contributed by atoms with E-state index in [9.17, 15) is 4.79 Å². The van der Waals surface area contributed by atoms with E-state index in [1.165, 1.54) is 4.90 Å². The van der Waals surface area contributed by atoms with Crippen LogP contribution in [0.15, 0.2) is 24.3 Å². The molecule has 1 aromatic carbocycles. The number of hydrogen-bond acceptors (Lipinski definition) is 4. The minimum Gasteiger partial charge on any atom is -0.491 e. The summed E-state index contributed by atoms with van der Waals surface area (Å²) in [7, 11) is 3.34. The number of rotatable bonds is 4. The minimum atomic E-state index is -0.210. The van der Waals surface area contributed by atoms with Crippen LogP contribution in [-0.2, 0) is 0 Å². The first-order valence-electron chi connectivity index (χ1n) is 6.38. The van der Waals surface area contributed by atoms with Crippen LogP contribution in [0.3, 0.4) is 0 Å². The van der Waals surface area contributed by atoms with Gasteiger partial charge in [0.1, 0.15) is 5.75 Å². The molecule has 0 radical (unpaired) electrons. The molecule has 0 saturated carbocycles. The highest BCUT2D eigenvalue weighted by Gasteiger charge is 2.14. The summed E-state index contributed by atoms with van der Waals surface area (Å²) in [5, 5.41) is 6.72. The molecule has 2 rings (SSSR count). The number of H-pyrrole nitrogens is 1. The first kappa shape index (κ1) is 14.0. The van der Waals surface area contributed by atoms with E-state index in [0.717, 1.165) is 11.3 Å². The maximum atomic E-state index is 11.8. The van der Waals surface area contributed by atoms with Crippen LogP contribution in [0.5, 0.6) is 5.75 Å². The highest BCUT2D eigenvalue weighted by atomic mass is 16.5. The van der Waals surface area contributed by atoms with E-state index >= 15 is 0 Å². The van der Waals surface area contributed by atoms with Crippen molar-refractivity contribution in [3.63, 3.8) is 0 Å². The van der Waals surface area contributed by atoms with Gasteiger partial charge in [0.2, 0.25) is 5.82 Å². The molecule has 0 atom stereocenters. The Kier molecular flexibility index (Phi) is 4.02. The summed E-state index contributed by atoms with van der Waals surface area (Å²) >= 11 is 0. The third kappa shape index (κ3) is 3.14. The fraction of sp³-hybridized carbons (Fsp3) is 0.357. The number of hydrogen-bond donors (Lipinski definition) is 1. The lowest BCUT2D eigenvalue weighted by Crippen LogP contribution is -2.22. The molecule has 1 amide bonds. The number of carbonyl (C=O) groups excluding carboxylic acids is 1. The Morgan fingerprint density at radius 1 is 1.35 bits per heavy atom. The molecule has 20 heavy (non-hydrogen) atoms. The highest BCUT2D eigenvalue weighted by molar-refractivity contribution is 5.90. The van der Waals surface area contributed by atoms with Crippen molar-refractivity contribution in [3.8, 4) is 17.1 Å². The minimum absolute atomic E-state index is 0.100. The summed E-state index contributed by atoms with van der Waals surface area (Å²) in [6.07, 6.45) is 0.100. The van der Waals surface area contributed by atoms with Gasteiger partial charge in [0.15, 0.2) is 5.82 Å². The standard InChI is InChI=1S/C14H18N4O2/c1-9(2)20-11-7-5-6-10(8-11)12-15-13(17-16-12)14(19)18(3)4/h5-9H,1-4H3,(H,15,16,17). The van der Waals surface area contributed by atoms with Gasteiger partial charge in [-0.25, -0.2) is 4.98 Å². The molecule has 0 unspecified atom stereocenters. The number of amides is 1. The summed E-state index contributed by atoms with van der Waals surface area (Å²) < 4.78 is 5.63. The van der Waals surface area contributed by atoms with Crippen LogP contribution in [0.4, 0.5) is 0 Å². The van der Waals surface area contributed by atoms with E-state index < -0.39 is 0 Å². The zero-order chi connectivity index (χ0) is 14.7. The van der Waals surface area contributed by atoms with E-state index in [1.807, 2.05) is 38.1 Å². The van der Waals surface area contributed by atoms with Crippen molar-refractivity contribution >= 4 is 5.91 Å². The van der Waals surface area contributed by atoms with Gasteiger partial charge in [-0.15, -0.1) is 0 Å². The molecule has 106 valence electrons. The largest absolute Gasteiger partial charge is 0.491 e. The topological polar surface area (TPSA) is 71.1 Å². The number of nitrogens with zero attached hydrogens (tertiary/aromatic N) is 3. The maximum absolute atomic E-state index is 11.8. The van der Waals surface area contributed by atoms with Gasteiger partial charge in [0.05, 0.1) is 6.10 Å². The van der Waals surface area contributed by atoms with E-state index in [0.29, 0.717) is 5.82 Å². The zero-order valence-corrected chi connectivity index (χ0v) is 12.0. The first-order chi connectivity index (χ1) is 9.47. The summed E-state index contributed by atoms with van der Waals surface area (Å²) in [4.78, 5) is 17.4. The predicted octanol–water partition coefficient (Wildman–Crippen LogP) is 1.96. The number of benzene rings is 1. The maximum Gasteiger partial charge on any atom is 0.290 e. The van der Waals surface area contributed by atoms with Gasteiger partial charge in [-0.05, 0) is 26.0 Å². The fourth-order valence-electron chi connectivity index (χ4n) is 1.68. The monoisotopic (exact) mass is 274 g/mol. The summed E-state index contributed by atoms with van der Waals surface area (Å²) in [6.45, 7) is 3.93. The lowest BCUT2D eigenvalue weighted by molar-refractivity contribution is 0.0816. The third-order valence-electron chi connectivity index (χ3n) is 2.56. The van der Waals surface area contributed by atoms with Crippen LogP contribution in [0.1, 0.15) is 24.5 Å². The normalized spacial score (nSPS) is 10.7. The fourth-order valence-corrected chi connectivity index (χ4v) is 1.68. The smallest absolute Gasteiger partial charge is 0.290 e. The summed E-state index contributed by atoms with van der Waals surface area (Å²) in [5.74, 6) is 1.24. The zero-order valence-electron chi connectivity index (χ0n) is 12.0. The van der Waals surface area contributed by atoms with Gasteiger partial charge in [0.25, 0.3) is 5.91 Å². The molecular weight excluding hydrogens is 256 g/mol. The van der Waals surface area contributed by atoms with Crippen molar-refractivity contribution in [3.05, 3.63) is 30.1 Å². The van der Waals surface area contributed by atoms with Gasteiger partial charge < -0.3 is 9.64 Å². The van der Waals surface area contributed by atoms with Crippen LogP contribution in [-0.4, -0.2) is 46.2 Å². The van der Waals surface area contributed by atoms with Gasteiger partial charge in [-0.2, -0.15) is 5.10 Å². The van der Waals surface area contributed by atoms with Crippen molar-refractivity contribution in [2.45, 2.75) is 20.0 Å². The number of aromatic amines is 1. The molecule has 1 heterocycles. The summed E-state index contributed by atoms with van der Waals surface area (Å²) in [6, 6.07) is 7.48. The predicted molar refractivity (Wildman–Crippen MR) is 75.6 cm³/mol. The Morgan fingerprint density at radius 2 is 2.10 bits per heavy atom. The van der Waals surface area contributed by atoms with Gasteiger partial charge in [0, 0.05) is 19.7 Å². The van der Waals surface area contributed by atoms with E-state index in [-0.39, 0.29) is 17.8 Å². The molecule has 0 bridgehead atoms. The molecular formula is C14H18N4O2. The average Bonchev–Trinajstić information content (AvgIpc) is 2.86. The van der Waals surface area contributed by atoms with Crippen LogP contribution < -0.4 is 4.74 Å². The van der Waals surface area contributed by atoms with E-state index in [4.69, 9.17) is 4.74 Å². The van der Waals surface area contributed by atoms with Crippen molar-refractivity contribution in [1.29, 1.82) is 0 Å². The Hall–Kier alpha value is -2.37. The SMILES string of the molecule is CC(C)Oc1cccc(-c2n[nH]c(C(=O)N(C)C)n2)c1.